The van der Waals surface area contributed by atoms with E-state index in [-0.39, 0.29) is 28.7 Å². The van der Waals surface area contributed by atoms with Crippen molar-refractivity contribution < 1.29 is 9.59 Å². The van der Waals surface area contributed by atoms with Crippen molar-refractivity contribution in [2.75, 3.05) is 0 Å². The predicted molar refractivity (Wildman–Crippen MR) is 92.7 cm³/mol. The van der Waals surface area contributed by atoms with Crippen LogP contribution in [0.4, 0.5) is 0 Å². The number of hydrogen-bond acceptors (Lipinski definition) is 4. The fourth-order valence-corrected chi connectivity index (χ4v) is 4.20. The van der Waals surface area contributed by atoms with Gasteiger partial charge in [0.2, 0.25) is 0 Å². The molecule has 2 heterocycles. The smallest absolute Gasteiger partial charge is 0.154 e. The number of Topliss-reactive ketones (excluding diaryl/α,β-unsaturated/α-hetero) is 2. The lowest BCUT2D eigenvalue weighted by Gasteiger charge is -2.17. The van der Waals surface area contributed by atoms with E-state index < -0.39 is 0 Å². The van der Waals surface area contributed by atoms with Crippen LogP contribution in [0.5, 0.6) is 0 Å². The molecule has 0 aliphatic carbocycles. The van der Waals surface area contributed by atoms with Crippen LogP contribution < -0.4 is 0 Å². The molecule has 0 aromatic carbocycles. The van der Waals surface area contributed by atoms with Crippen molar-refractivity contribution in [2.24, 2.45) is 0 Å². The first-order chi connectivity index (χ1) is 10.1. The van der Waals surface area contributed by atoms with Gasteiger partial charge < -0.3 is 0 Å². The molecule has 0 radical (unpaired) electrons. The normalized spacial score (nSPS) is 13.8. The number of thiophene rings is 2. The third-order valence-electron chi connectivity index (χ3n) is 3.36. The molecule has 2 rings (SSSR count). The van der Waals surface area contributed by atoms with Crippen LogP contribution in [0.25, 0.3) is 0 Å². The van der Waals surface area contributed by atoms with Crippen LogP contribution in [-0.4, -0.2) is 16.4 Å². The molecule has 0 N–H and O–H groups in total. The largest absolute Gasteiger partial charge is 0.300 e. The number of hydrogen-bond donors (Lipinski definition) is 0. The average Bonchev–Trinajstić information content (AvgIpc) is 3.13. The Hall–Kier alpha value is -0.780. The molecule has 2 unspecified atom stereocenters. The van der Waals surface area contributed by atoms with Crippen molar-refractivity contribution in [3.8, 4) is 0 Å². The van der Waals surface area contributed by atoms with Crippen molar-refractivity contribution in [3.63, 3.8) is 0 Å². The van der Waals surface area contributed by atoms with E-state index in [9.17, 15) is 9.59 Å². The van der Waals surface area contributed by atoms with Crippen LogP contribution in [0.1, 0.15) is 36.8 Å². The molecule has 0 aliphatic rings. The van der Waals surface area contributed by atoms with Crippen LogP contribution in [0.2, 0.25) is 0 Å². The van der Waals surface area contributed by atoms with E-state index in [1.165, 1.54) is 5.56 Å². The van der Waals surface area contributed by atoms with Crippen molar-refractivity contribution in [3.05, 3.63) is 44.8 Å². The summed E-state index contributed by atoms with van der Waals surface area (Å²) in [4.78, 5) is 23.9. The zero-order valence-electron chi connectivity index (χ0n) is 11.8. The molecule has 112 valence electrons. The maximum absolute atomic E-state index is 12.6. The number of carbonyl (C=O) groups excluding carboxylic acids is 2. The summed E-state index contributed by atoms with van der Waals surface area (Å²) in [5, 5.41) is 8.06. The minimum atomic E-state index is -0.319. The number of rotatable bonds is 8. The van der Waals surface area contributed by atoms with Crippen molar-refractivity contribution in [1.82, 2.24) is 0 Å². The molecule has 2 atom stereocenters. The van der Waals surface area contributed by atoms with Crippen LogP contribution in [0, 0.1) is 0 Å². The van der Waals surface area contributed by atoms with Gasteiger partial charge >= 0.3 is 0 Å². The summed E-state index contributed by atoms with van der Waals surface area (Å²) < 4.78 is 0. The van der Waals surface area contributed by atoms with Crippen molar-refractivity contribution in [2.45, 2.75) is 36.9 Å². The monoisotopic (exact) mass is 384 g/mol. The van der Waals surface area contributed by atoms with Gasteiger partial charge in [-0.2, -0.15) is 22.7 Å². The van der Waals surface area contributed by atoms with Gasteiger partial charge in [0.15, 0.2) is 5.78 Å². The van der Waals surface area contributed by atoms with Crippen LogP contribution in [0.15, 0.2) is 33.7 Å². The van der Waals surface area contributed by atoms with Gasteiger partial charge in [0.1, 0.15) is 5.78 Å². The summed E-state index contributed by atoms with van der Waals surface area (Å²) in [5.74, 6) is -0.156. The molecule has 2 nitrogen and oxygen atoms in total. The van der Waals surface area contributed by atoms with Gasteiger partial charge in [0.25, 0.3) is 0 Å². The van der Waals surface area contributed by atoms with Gasteiger partial charge in [-0.05, 0) is 64.5 Å². The minimum absolute atomic E-state index is 0.0529. The highest BCUT2D eigenvalue weighted by molar-refractivity contribution is 9.10. The Kier molecular flexibility index (Phi) is 6.33. The number of aryl methyl sites for hydroxylation is 1. The van der Waals surface area contributed by atoms with E-state index in [0.717, 1.165) is 18.4 Å². The molecular formula is C16H17BrO2S2. The Morgan fingerprint density at radius 3 is 2.48 bits per heavy atom. The van der Waals surface area contributed by atoms with E-state index in [0.29, 0.717) is 0 Å². The summed E-state index contributed by atoms with van der Waals surface area (Å²) in [7, 11) is 0. The summed E-state index contributed by atoms with van der Waals surface area (Å²) in [6.07, 6.45) is 1.92. The molecule has 0 amide bonds. The first-order valence-corrected chi connectivity index (χ1v) is 9.58. The Bertz CT molecular complexity index is 575. The number of halogens is 1. The molecule has 0 bridgehead atoms. The van der Waals surface area contributed by atoms with Gasteiger partial charge in [-0.15, -0.1) is 0 Å². The number of alkyl halides is 1. The quantitative estimate of drug-likeness (QED) is 0.610. The standard InChI is InChI=1S/C16H17BrO2S2/c1-11(18)8-14(13-5-7-21-10-13)16(19)15(17)3-2-12-4-6-20-9-12/h4-7,9-10,14-15H,2-3,8H2,1H3. The lowest BCUT2D eigenvalue weighted by atomic mass is 9.89. The summed E-state index contributed by atoms with van der Waals surface area (Å²) in [6, 6.07) is 4.02. The van der Waals surface area contributed by atoms with E-state index in [4.69, 9.17) is 0 Å². The second-order valence-electron chi connectivity index (χ2n) is 5.06. The predicted octanol–water partition coefficient (Wildman–Crippen LogP) is 4.84. The molecule has 21 heavy (non-hydrogen) atoms. The highest BCUT2D eigenvalue weighted by Gasteiger charge is 2.27. The van der Waals surface area contributed by atoms with Gasteiger partial charge in [0.05, 0.1) is 10.7 Å². The second kappa shape index (κ2) is 8.01. The second-order valence-corrected chi connectivity index (χ2v) is 7.72. The van der Waals surface area contributed by atoms with Crippen molar-refractivity contribution >= 4 is 50.2 Å². The van der Waals surface area contributed by atoms with Crippen LogP contribution >= 0.6 is 38.6 Å². The minimum Gasteiger partial charge on any atom is -0.300 e. The SMILES string of the molecule is CC(=O)CC(C(=O)C(Br)CCc1ccsc1)c1ccsc1. The maximum Gasteiger partial charge on any atom is 0.154 e. The van der Waals surface area contributed by atoms with E-state index in [1.807, 2.05) is 22.2 Å². The zero-order chi connectivity index (χ0) is 15.2. The van der Waals surface area contributed by atoms with E-state index in [2.05, 4.69) is 27.4 Å². The van der Waals surface area contributed by atoms with Gasteiger partial charge in [-0.25, -0.2) is 0 Å². The average molecular weight is 385 g/mol. The molecule has 0 saturated carbocycles. The molecule has 5 heteroatoms. The molecule has 2 aromatic heterocycles. The van der Waals surface area contributed by atoms with Crippen LogP contribution in [0.3, 0.4) is 0 Å². The molecule has 2 aromatic rings. The fourth-order valence-electron chi connectivity index (χ4n) is 2.23. The Labute approximate surface area is 141 Å². The first-order valence-electron chi connectivity index (χ1n) is 6.78. The van der Waals surface area contributed by atoms with Crippen LogP contribution in [-0.2, 0) is 16.0 Å². The van der Waals surface area contributed by atoms with Gasteiger partial charge in [0, 0.05) is 6.42 Å². The first kappa shape index (κ1) is 16.6. The lowest BCUT2D eigenvalue weighted by molar-refractivity contribution is -0.124. The number of carbonyl (C=O) groups is 2. The highest BCUT2D eigenvalue weighted by atomic mass is 79.9. The molecule has 0 aliphatic heterocycles. The summed E-state index contributed by atoms with van der Waals surface area (Å²) >= 11 is 6.74. The highest BCUT2D eigenvalue weighted by Crippen LogP contribution is 2.28. The fraction of sp³-hybridized carbons (Fsp3) is 0.375. The maximum atomic E-state index is 12.6. The Balaban J connectivity index is 2.01. The zero-order valence-corrected chi connectivity index (χ0v) is 15.0. The van der Waals surface area contributed by atoms with Crippen molar-refractivity contribution in [1.29, 1.82) is 0 Å². The van der Waals surface area contributed by atoms with Gasteiger partial charge in [-0.1, -0.05) is 15.9 Å². The van der Waals surface area contributed by atoms with E-state index in [1.54, 1.807) is 29.6 Å². The molecule has 0 fully saturated rings. The van der Waals surface area contributed by atoms with E-state index >= 15 is 0 Å². The topological polar surface area (TPSA) is 34.1 Å². The molecule has 0 saturated heterocycles. The molecular weight excluding hydrogens is 368 g/mol. The third kappa shape index (κ3) is 4.87. The third-order valence-corrected chi connectivity index (χ3v) is 5.70. The Morgan fingerprint density at radius 2 is 1.90 bits per heavy atom. The summed E-state index contributed by atoms with van der Waals surface area (Å²) in [6.45, 7) is 1.54. The number of ketones is 2. The lowest BCUT2D eigenvalue weighted by Crippen LogP contribution is -2.24. The Morgan fingerprint density at radius 1 is 1.19 bits per heavy atom. The van der Waals surface area contributed by atoms with Gasteiger partial charge in [-0.3, -0.25) is 9.59 Å². The molecule has 0 spiro atoms. The summed E-state index contributed by atoms with van der Waals surface area (Å²) in [5.41, 5.74) is 2.22.